The van der Waals surface area contributed by atoms with E-state index >= 15 is 0 Å². The van der Waals surface area contributed by atoms with Crippen molar-refractivity contribution in [3.8, 4) is 0 Å². The summed E-state index contributed by atoms with van der Waals surface area (Å²) in [6.07, 6.45) is -1.67. The standard InChI is InChI=1S/C23H21F4NO3/c1-13(12-29)16-6-7-17-15(3-2-4-18(17)22(16)31)11-28-21(30)10-14-5-8-20(24)19(9-14)23(25,26)27/h2-9,13,16,29H,10-12H2,1H3,(H,28,30)/t13-,16?/m1/s1. The molecule has 2 aromatic rings. The van der Waals surface area contributed by atoms with Crippen LogP contribution < -0.4 is 5.32 Å². The van der Waals surface area contributed by atoms with Gasteiger partial charge in [-0.25, -0.2) is 4.39 Å². The summed E-state index contributed by atoms with van der Waals surface area (Å²) in [4.78, 5) is 25.0. The fourth-order valence-electron chi connectivity index (χ4n) is 3.55. The fourth-order valence-corrected chi connectivity index (χ4v) is 3.55. The van der Waals surface area contributed by atoms with Crippen LogP contribution in [0.2, 0.25) is 0 Å². The maximum absolute atomic E-state index is 13.4. The summed E-state index contributed by atoms with van der Waals surface area (Å²) in [7, 11) is 0. The lowest BCUT2D eigenvalue weighted by molar-refractivity contribution is -0.140. The number of carbonyl (C=O) groups excluding carboxylic acids is 2. The zero-order valence-electron chi connectivity index (χ0n) is 16.7. The van der Waals surface area contributed by atoms with Crippen molar-refractivity contribution in [1.29, 1.82) is 0 Å². The molecular weight excluding hydrogens is 414 g/mol. The summed E-state index contributed by atoms with van der Waals surface area (Å²) in [5, 5.41) is 12.0. The Kier molecular flexibility index (Phi) is 6.59. The van der Waals surface area contributed by atoms with Crippen LogP contribution in [0.1, 0.15) is 39.5 Å². The molecule has 8 heteroatoms. The number of ketones is 1. The quantitative estimate of drug-likeness (QED) is 0.670. The molecule has 1 aliphatic rings. The smallest absolute Gasteiger partial charge is 0.396 e. The summed E-state index contributed by atoms with van der Waals surface area (Å²) in [5.41, 5.74) is 0.464. The largest absolute Gasteiger partial charge is 0.419 e. The first kappa shape index (κ1) is 22.7. The average molecular weight is 435 g/mol. The van der Waals surface area contributed by atoms with Crippen LogP contribution >= 0.6 is 0 Å². The van der Waals surface area contributed by atoms with Gasteiger partial charge >= 0.3 is 6.18 Å². The third-order valence-corrected chi connectivity index (χ3v) is 5.31. The molecule has 0 fully saturated rings. The highest BCUT2D eigenvalue weighted by Gasteiger charge is 2.34. The summed E-state index contributed by atoms with van der Waals surface area (Å²) in [6, 6.07) is 7.57. The van der Waals surface area contributed by atoms with Gasteiger partial charge in [0.05, 0.1) is 12.0 Å². The zero-order valence-corrected chi connectivity index (χ0v) is 16.7. The maximum Gasteiger partial charge on any atom is 0.419 e. The van der Waals surface area contributed by atoms with E-state index in [1.54, 1.807) is 37.3 Å². The lowest BCUT2D eigenvalue weighted by Gasteiger charge is -2.24. The topological polar surface area (TPSA) is 66.4 Å². The second-order valence-corrected chi connectivity index (χ2v) is 7.55. The van der Waals surface area contributed by atoms with E-state index in [0.29, 0.717) is 28.8 Å². The van der Waals surface area contributed by atoms with Gasteiger partial charge in [0, 0.05) is 24.6 Å². The number of fused-ring (bicyclic) bond motifs is 1. The van der Waals surface area contributed by atoms with Crippen molar-refractivity contribution in [2.24, 2.45) is 11.8 Å². The molecular formula is C23H21F4NO3. The molecule has 0 aliphatic heterocycles. The number of nitrogens with one attached hydrogen (secondary N) is 1. The Hall–Kier alpha value is -3.00. The Morgan fingerprint density at radius 1 is 1.23 bits per heavy atom. The van der Waals surface area contributed by atoms with Gasteiger partial charge in [0.25, 0.3) is 0 Å². The van der Waals surface area contributed by atoms with Crippen LogP contribution in [0, 0.1) is 17.7 Å². The van der Waals surface area contributed by atoms with Crippen molar-refractivity contribution < 1.29 is 32.3 Å². The molecule has 164 valence electrons. The predicted octanol–water partition coefficient (Wildman–Crippen LogP) is 4.16. The third-order valence-electron chi connectivity index (χ3n) is 5.31. The van der Waals surface area contributed by atoms with Crippen LogP contribution in [0.4, 0.5) is 17.6 Å². The van der Waals surface area contributed by atoms with Gasteiger partial charge in [-0.1, -0.05) is 43.3 Å². The molecule has 3 rings (SSSR count). The maximum atomic E-state index is 13.4. The Morgan fingerprint density at radius 3 is 2.65 bits per heavy atom. The van der Waals surface area contributed by atoms with Crippen LogP contribution in [-0.4, -0.2) is 23.4 Å². The molecule has 1 amide bonds. The fraction of sp³-hybridized carbons (Fsp3) is 0.304. The van der Waals surface area contributed by atoms with Crippen LogP contribution in [0.15, 0.2) is 42.5 Å². The third kappa shape index (κ3) is 5.02. The van der Waals surface area contributed by atoms with Gasteiger partial charge in [-0.15, -0.1) is 0 Å². The van der Waals surface area contributed by atoms with E-state index in [-0.39, 0.29) is 36.8 Å². The Balaban J connectivity index is 1.70. The van der Waals surface area contributed by atoms with Crippen LogP contribution in [0.25, 0.3) is 6.08 Å². The van der Waals surface area contributed by atoms with Crippen molar-refractivity contribution in [1.82, 2.24) is 5.32 Å². The van der Waals surface area contributed by atoms with Gasteiger partial charge in [0.2, 0.25) is 5.91 Å². The number of aliphatic hydroxyl groups excluding tert-OH is 1. The molecule has 2 atom stereocenters. The second kappa shape index (κ2) is 9.01. The number of benzene rings is 2. The molecule has 0 saturated carbocycles. The Morgan fingerprint density at radius 2 is 1.97 bits per heavy atom. The second-order valence-electron chi connectivity index (χ2n) is 7.55. The molecule has 1 aliphatic carbocycles. The molecule has 0 spiro atoms. The first-order chi connectivity index (χ1) is 14.6. The highest BCUT2D eigenvalue weighted by atomic mass is 19.4. The molecule has 4 nitrogen and oxygen atoms in total. The molecule has 1 unspecified atom stereocenters. The van der Waals surface area contributed by atoms with Gasteiger partial charge in [-0.2, -0.15) is 13.2 Å². The summed E-state index contributed by atoms with van der Waals surface area (Å²) in [5.74, 6) is -2.69. The van der Waals surface area contributed by atoms with Crippen molar-refractivity contribution in [3.63, 3.8) is 0 Å². The van der Waals surface area contributed by atoms with Crippen LogP contribution in [-0.2, 0) is 23.9 Å². The van der Waals surface area contributed by atoms with E-state index in [1.807, 2.05) is 0 Å². The number of rotatable bonds is 6. The van der Waals surface area contributed by atoms with E-state index in [2.05, 4.69) is 5.32 Å². The number of hydrogen-bond donors (Lipinski definition) is 2. The van der Waals surface area contributed by atoms with E-state index in [1.165, 1.54) is 0 Å². The minimum absolute atomic E-state index is 0.0391. The van der Waals surface area contributed by atoms with Crippen LogP contribution in [0.3, 0.4) is 0 Å². The van der Waals surface area contributed by atoms with E-state index in [4.69, 9.17) is 0 Å². The number of aliphatic hydroxyl groups is 1. The minimum Gasteiger partial charge on any atom is -0.396 e. The minimum atomic E-state index is -4.84. The number of amides is 1. The lowest BCUT2D eigenvalue weighted by atomic mass is 9.80. The summed E-state index contributed by atoms with van der Waals surface area (Å²) >= 11 is 0. The van der Waals surface area contributed by atoms with Crippen molar-refractivity contribution in [2.45, 2.75) is 26.1 Å². The number of alkyl halides is 3. The van der Waals surface area contributed by atoms with Crippen LogP contribution in [0.5, 0.6) is 0 Å². The molecule has 31 heavy (non-hydrogen) atoms. The molecule has 2 N–H and O–H groups in total. The van der Waals surface area contributed by atoms with Crippen molar-refractivity contribution in [3.05, 3.63) is 76.1 Å². The van der Waals surface area contributed by atoms with E-state index < -0.39 is 29.4 Å². The average Bonchev–Trinajstić information content (AvgIpc) is 2.72. The van der Waals surface area contributed by atoms with E-state index in [0.717, 1.165) is 6.07 Å². The SMILES string of the molecule is C[C@H](CO)C1C=Cc2c(CNC(=O)Cc3ccc(F)c(C(F)(F)F)c3)cccc2C1=O. The molecule has 0 bridgehead atoms. The predicted molar refractivity (Wildman–Crippen MR) is 106 cm³/mol. The highest BCUT2D eigenvalue weighted by molar-refractivity contribution is 6.05. The monoisotopic (exact) mass is 435 g/mol. The molecule has 2 aromatic carbocycles. The number of halogens is 4. The Bertz CT molecular complexity index is 1030. The van der Waals surface area contributed by atoms with Gasteiger partial charge < -0.3 is 10.4 Å². The molecule has 0 aromatic heterocycles. The first-order valence-corrected chi connectivity index (χ1v) is 9.69. The summed E-state index contributed by atoms with van der Waals surface area (Å²) in [6.45, 7) is 1.74. The highest BCUT2D eigenvalue weighted by Crippen LogP contribution is 2.32. The zero-order chi connectivity index (χ0) is 22.8. The van der Waals surface area contributed by atoms with E-state index in [9.17, 15) is 32.3 Å². The number of hydrogen-bond acceptors (Lipinski definition) is 3. The van der Waals surface area contributed by atoms with Gasteiger partial charge in [-0.3, -0.25) is 9.59 Å². The Labute approximate surface area is 176 Å². The molecule has 0 heterocycles. The first-order valence-electron chi connectivity index (χ1n) is 9.69. The van der Waals surface area contributed by atoms with Gasteiger partial charge in [-0.05, 0) is 34.7 Å². The van der Waals surface area contributed by atoms with Crippen molar-refractivity contribution in [2.75, 3.05) is 6.61 Å². The van der Waals surface area contributed by atoms with Crippen molar-refractivity contribution >= 4 is 17.8 Å². The number of allylic oxidation sites excluding steroid dienone is 1. The van der Waals surface area contributed by atoms with Gasteiger partial charge in [0.1, 0.15) is 5.82 Å². The summed E-state index contributed by atoms with van der Waals surface area (Å²) < 4.78 is 51.9. The normalized spacial score (nSPS) is 16.7. The molecule has 0 saturated heterocycles. The lowest BCUT2D eigenvalue weighted by Crippen LogP contribution is -2.28. The number of Topliss-reactive ketones (excluding diaryl/α,β-unsaturated/α-hetero) is 1. The number of carbonyl (C=O) groups is 2. The molecule has 0 radical (unpaired) electrons. The van der Waals surface area contributed by atoms with Gasteiger partial charge in [0.15, 0.2) is 5.78 Å².